The minimum atomic E-state index is -3.50. The molecule has 22 heavy (non-hydrogen) atoms. The van der Waals surface area contributed by atoms with Gasteiger partial charge in [0.1, 0.15) is 0 Å². The second-order valence-corrected chi connectivity index (χ2v) is 7.40. The molecule has 2 rings (SSSR count). The smallest absolute Gasteiger partial charge is 0.240 e. The van der Waals surface area contributed by atoms with Gasteiger partial charge in [0.25, 0.3) is 0 Å². The van der Waals surface area contributed by atoms with Gasteiger partial charge in [-0.1, -0.05) is 37.6 Å². The van der Waals surface area contributed by atoms with Crippen molar-refractivity contribution in [2.45, 2.75) is 37.6 Å². The summed E-state index contributed by atoms with van der Waals surface area (Å²) in [5.74, 6) is 0.425. The SMILES string of the molecule is CCC(C)c1ccc(S(=O)(=O)NCCn2cc(Cl)cn2)cc1. The normalized spacial score (nSPS) is 13.2. The molecule has 0 aliphatic heterocycles. The Balaban J connectivity index is 1.97. The summed E-state index contributed by atoms with van der Waals surface area (Å²) < 4.78 is 28.6. The standard InChI is InChI=1S/C15H20ClN3O2S/c1-3-12(2)13-4-6-15(7-5-13)22(20,21)18-8-9-19-11-14(16)10-17-19/h4-7,10-12,18H,3,8-9H2,1-2H3. The fourth-order valence-corrected chi connectivity index (χ4v) is 3.23. The first kappa shape index (κ1) is 17.0. The number of hydrogen-bond donors (Lipinski definition) is 1. The predicted octanol–water partition coefficient (Wildman–Crippen LogP) is 3.03. The van der Waals surface area contributed by atoms with E-state index < -0.39 is 10.0 Å². The van der Waals surface area contributed by atoms with Crippen molar-refractivity contribution in [3.63, 3.8) is 0 Å². The summed E-state index contributed by atoms with van der Waals surface area (Å²) in [6.45, 7) is 4.92. The van der Waals surface area contributed by atoms with Crippen LogP contribution >= 0.6 is 11.6 Å². The van der Waals surface area contributed by atoms with E-state index in [1.54, 1.807) is 23.0 Å². The summed E-state index contributed by atoms with van der Waals surface area (Å²) in [7, 11) is -3.50. The molecule has 0 saturated heterocycles. The van der Waals surface area contributed by atoms with Crippen LogP contribution in [0.1, 0.15) is 31.7 Å². The van der Waals surface area contributed by atoms with Crippen molar-refractivity contribution in [2.75, 3.05) is 6.54 Å². The molecule has 0 amide bonds. The molecule has 5 nitrogen and oxygen atoms in total. The minimum Gasteiger partial charge on any atom is -0.270 e. The van der Waals surface area contributed by atoms with Crippen LogP contribution in [-0.4, -0.2) is 24.7 Å². The van der Waals surface area contributed by atoms with Crippen LogP contribution in [0.2, 0.25) is 5.02 Å². The van der Waals surface area contributed by atoms with E-state index in [1.165, 1.54) is 6.20 Å². The molecule has 0 saturated carbocycles. The number of rotatable bonds is 7. The lowest BCUT2D eigenvalue weighted by Gasteiger charge is -2.11. The quantitative estimate of drug-likeness (QED) is 0.841. The van der Waals surface area contributed by atoms with Gasteiger partial charge in [-0.05, 0) is 30.0 Å². The van der Waals surface area contributed by atoms with Gasteiger partial charge in [-0.2, -0.15) is 5.10 Å². The zero-order valence-corrected chi connectivity index (χ0v) is 14.2. The maximum atomic E-state index is 12.2. The summed E-state index contributed by atoms with van der Waals surface area (Å²) in [5.41, 5.74) is 1.15. The first-order valence-corrected chi connectivity index (χ1v) is 9.06. The zero-order chi connectivity index (χ0) is 16.2. The van der Waals surface area contributed by atoms with E-state index in [1.807, 2.05) is 12.1 Å². The fourth-order valence-electron chi connectivity index (χ4n) is 2.05. The summed E-state index contributed by atoms with van der Waals surface area (Å²) in [4.78, 5) is 0.276. The highest BCUT2D eigenvalue weighted by molar-refractivity contribution is 7.89. The van der Waals surface area contributed by atoms with Gasteiger partial charge < -0.3 is 0 Å². The van der Waals surface area contributed by atoms with Crippen molar-refractivity contribution in [3.8, 4) is 0 Å². The molecule has 1 unspecified atom stereocenters. The van der Waals surface area contributed by atoms with E-state index in [0.29, 0.717) is 17.5 Å². The number of nitrogens with zero attached hydrogens (tertiary/aromatic N) is 2. The number of halogens is 1. The van der Waals surface area contributed by atoms with Gasteiger partial charge in [0.2, 0.25) is 10.0 Å². The lowest BCUT2D eigenvalue weighted by molar-refractivity contribution is 0.561. The number of nitrogens with one attached hydrogen (secondary N) is 1. The van der Waals surface area contributed by atoms with Gasteiger partial charge in [0, 0.05) is 12.7 Å². The van der Waals surface area contributed by atoms with Crippen molar-refractivity contribution in [1.29, 1.82) is 0 Å². The molecule has 1 aromatic carbocycles. The Morgan fingerprint density at radius 3 is 2.55 bits per heavy atom. The summed E-state index contributed by atoms with van der Waals surface area (Å²) in [6, 6.07) is 7.04. The second kappa shape index (κ2) is 7.26. The molecular formula is C15H20ClN3O2S. The van der Waals surface area contributed by atoms with Gasteiger partial charge in [-0.3, -0.25) is 4.68 Å². The van der Waals surface area contributed by atoms with E-state index in [2.05, 4.69) is 23.7 Å². The highest BCUT2D eigenvalue weighted by Crippen LogP contribution is 2.20. The summed E-state index contributed by atoms with van der Waals surface area (Å²) in [5, 5.41) is 4.53. The molecule has 0 aliphatic carbocycles. The van der Waals surface area contributed by atoms with Crippen molar-refractivity contribution >= 4 is 21.6 Å². The maximum Gasteiger partial charge on any atom is 0.240 e. The third kappa shape index (κ3) is 4.32. The molecule has 1 aromatic heterocycles. The number of benzene rings is 1. The summed E-state index contributed by atoms with van der Waals surface area (Å²) >= 11 is 5.76. The van der Waals surface area contributed by atoms with Crippen LogP contribution in [0, 0.1) is 0 Å². The van der Waals surface area contributed by atoms with E-state index >= 15 is 0 Å². The third-order valence-corrected chi connectivity index (χ3v) is 5.28. The number of aromatic nitrogens is 2. The molecule has 7 heteroatoms. The predicted molar refractivity (Wildman–Crippen MR) is 87.6 cm³/mol. The molecule has 0 bridgehead atoms. The molecule has 0 radical (unpaired) electrons. The molecule has 0 aliphatic rings. The monoisotopic (exact) mass is 341 g/mol. The average Bonchev–Trinajstić information content (AvgIpc) is 2.92. The topological polar surface area (TPSA) is 64.0 Å². The van der Waals surface area contributed by atoms with Gasteiger partial charge >= 0.3 is 0 Å². The average molecular weight is 342 g/mol. The first-order chi connectivity index (χ1) is 10.4. The molecule has 1 heterocycles. The summed E-state index contributed by atoms with van der Waals surface area (Å²) in [6.07, 6.45) is 4.19. The Morgan fingerprint density at radius 1 is 1.32 bits per heavy atom. The van der Waals surface area contributed by atoms with Crippen molar-refractivity contribution in [3.05, 3.63) is 47.2 Å². The number of sulfonamides is 1. The first-order valence-electron chi connectivity index (χ1n) is 7.20. The number of hydrogen-bond acceptors (Lipinski definition) is 3. The zero-order valence-electron chi connectivity index (χ0n) is 12.7. The van der Waals surface area contributed by atoms with E-state index in [4.69, 9.17) is 11.6 Å². The lowest BCUT2D eigenvalue weighted by Crippen LogP contribution is -2.27. The highest BCUT2D eigenvalue weighted by Gasteiger charge is 2.14. The van der Waals surface area contributed by atoms with Gasteiger partial charge in [-0.25, -0.2) is 13.1 Å². The fraction of sp³-hybridized carbons (Fsp3) is 0.400. The van der Waals surface area contributed by atoms with Crippen molar-refractivity contribution in [1.82, 2.24) is 14.5 Å². The third-order valence-electron chi connectivity index (χ3n) is 3.61. The molecule has 0 fully saturated rings. The van der Waals surface area contributed by atoms with Crippen LogP contribution in [0.3, 0.4) is 0 Å². The van der Waals surface area contributed by atoms with E-state index in [9.17, 15) is 8.42 Å². The van der Waals surface area contributed by atoms with Crippen LogP contribution in [0.25, 0.3) is 0 Å². The highest BCUT2D eigenvalue weighted by atomic mass is 35.5. The molecule has 2 aromatic rings. The molecular weight excluding hydrogens is 322 g/mol. The van der Waals surface area contributed by atoms with E-state index in [-0.39, 0.29) is 11.4 Å². The Labute approximate surface area is 136 Å². The lowest BCUT2D eigenvalue weighted by atomic mass is 9.99. The molecule has 120 valence electrons. The van der Waals surface area contributed by atoms with Crippen LogP contribution in [0.5, 0.6) is 0 Å². The Bertz CT molecular complexity index is 711. The van der Waals surface area contributed by atoms with E-state index in [0.717, 1.165) is 12.0 Å². The van der Waals surface area contributed by atoms with Crippen molar-refractivity contribution < 1.29 is 8.42 Å². The van der Waals surface area contributed by atoms with Gasteiger partial charge in [0.05, 0.1) is 22.7 Å². The van der Waals surface area contributed by atoms with Crippen LogP contribution in [0.4, 0.5) is 0 Å². The molecule has 1 atom stereocenters. The van der Waals surface area contributed by atoms with Gasteiger partial charge in [0.15, 0.2) is 0 Å². The Hall–Kier alpha value is -1.37. The Morgan fingerprint density at radius 2 is 2.00 bits per heavy atom. The van der Waals surface area contributed by atoms with Crippen LogP contribution in [0.15, 0.2) is 41.6 Å². The Kier molecular flexibility index (Phi) is 5.61. The second-order valence-electron chi connectivity index (χ2n) is 5.20. The van der Waals surface area contributed by atoms with Gasteiger partial charge in [-0.15, -0.1) is 0 Å². The largest absolute Gasteiger partial charge is 0.270 e. The van der Waals surface area contributed by atoms with Crippen LogP contribution in [-0.2, 0) is 16.6 Å². The molecule has 0 spiro atoms. The van der Waals surface area contributed by atoms with Crippen LogP contribution < -0.4 is 4.72 Å². The minimum absolute atomic E-state index is 0.257. The van der Waals surface area contributed by atoms with Crippen molar-refractivity contribution in [2.24, 2.45) is 0 Å². The molecule has 1 N–H and O–H groups in total. The maximum absolute atomic E-state index is 12.2.